The van der Waals surface area contributed by atoms with Crippen molar-refractivity contribution in [2.24, 2.45) is 11.8 Å². The van der Waals surface area contributed by atoms with Crippen LogP contribution < -0.4 is 5.32 Å². The number of carbonyl (C=O) groups excluding carboxylic acids is 1. The monoisotopic (exact) mass is 301 g/mol. The zero-order valence-electron chi connectivity index (χ0n) is 10.6. The first-order valence-corrected chi connectivity index (χ1v) is 7.51. The number of aliphatic carboxylic acids is 1. The Balaban J connectivity index is 1.94. The van der Waals surface area contributed by atoms with E-state index in [-0.39, 0.29) is 17.7 Å². The molecular formula is C13H16ClNO3S. The highest BCUT2D eigenvalue weighted by Gasteiger charge is 2.33. The number of carboxylic acids is 1. The first kappa shape index (κ1) is 14.3. The van der Waals surface area contributed by atoms with Crippen LogP contribution >= 0.6 is 22.9 Å². The maximum Gasteiger partial charge on any atom is 0.306 e. The highest BCUT2D eigenvalue weighted by atomic mass is 35.5. The average Bonchev–Trinajstić information content (AvgIpc) is 2.95. The van der Waals surface area contributed by atoms with E-state index in [9.17, 15) is 9.59 Å². The number of nitrogens with one attached hydrogen (secondary N) is 1. The van der Waals surface area contributed by atoms with E-state index in [1.54, 1.807) is 0 Å². The summed E-state index contributed by atoms with van der Waals surface area (Å²) >= 11 is 7.35. The molecule has 2 unspecified atom stereocenters. The summed E-state index contributed by atoms with van der Waals surface area (Å²) in [6.07, 6.45) is 2.47. The zero-order chi connectivity index (χ0) is 14.0. The van der Waals surface area contributed by atoms with Crippen molar-refractivity contribution in [1.82, 2.24) is 5.32 Å². The van der Waals surface area contributed by atoms with Gasteiger partial charge in [-0.2, -0.15) is 0 Å². The van der Waals surface area contributed by atoms with Crippen molar-refractivity contribution >= 4 is 34.8 Å². The Kier molecular flexibility index (Phi) is 4.47. The van der Waals surface area contributed by atoms with E-state index in [0.717, 1.165) is 18.4 Å². The summed E-state index contributed by atoms with van der Waals surface area (Å²) in [5, 5.41) is 14.2. The second-order valence-electron chi connectivity index (χ2n) is 4.91. The topological polar surface area (TPSA) is 66.4 Å². The second kappa shape index (κ2) is 5.92. The van der Waals surface area contributed by atoms with Crippen LogP contribution in [0.4, 0.5) is 0 Å². The molecule has 0 spiro atoms. The number of hydrogen-bond acceptors (Lipinski definition) is 3. The lowest BCUT2D eigenvalue weighted by atomic mass is 9.96. The molecule has 0 radical (unpaired) electrons. The normalized spacial score (nSPS) is 22.4. The van der Waals surface area contributed by atoms with Gasteiger partial charge in [-0.05, 0) is 36.6 Å². The van der Waals surface area contributed by atoms with E-state index in [1.165, 1.54) is 11.3 Å². The molecule has 0 aromatic carbocycles. The number of halogens is 1. The van der Waals surface area contributed by atoms with Crippen LogP contribution in [0.25, 0.3) is 0 Å². The quantitative estimate of drug-likeness (QED) is 0.898. The van der Waals surface area contributed by atoms with Crippen molar-refractivity contribution in [3.8, 4) is 0 Å². The summed E-state index contributed by atoms with van der Waals surface area (Å²) in [4.78, 5) is 23.5. The van der Waals surface area contributed by atoms with E-state index in [0.29, 0.717) is 22.9 Å². The van der Waals surface area contributed by atoms with Crippen molar-refractivity contribution in [1.29, 1.82) is 0 Å². The predicted molar refractivity (Wildman–Crippen MR) is 74.9 cm³/mol. The lowest BCUT2D eigenvalue weighted by Gasteiger charge is -2.16. The van der Waals surface area contributed by atoms with E-state index in [2.05, 4.69) is 5.32 Å². The standard InChI is InChI=1S/C13H16ClNO3S/c1-7-6-19-11(10(7)14)12(16)15-5-8-3-2-4-9(8)13(17)18/h6,8-9H,2-5H2,1H3,(H,15,16)(H,17,18). The Morgan fingerprint density at radius 1 is 1.53 bits per heavy atom. The second-order valence-corrected chi connectivity index (χ2v) is 6.17. The molecule has 1 saturated carbocycles. The van der Waals surface area contributed by atoms with Gasteiger partial charge in [-0.3, -0.25) is 9.59 Å². The molecule has 104 valence electrons. The fraction of sp³-hybridized carbons (Fsp3) is 0.538. The van der Waals surface area contributed by atoms with Gasteiger partial charge in [0.15, 0.2) is 0 Å². The molecule has 1 aliphatic carbocycles. The number of amides is 1. The third-order valence-corrected chi connectivity index (χ3v) is 5.30. The number of carbonyl (C=O) groups is 2. The number of hydrogen-bond donors (Lipinski definition) is 2. The first-order valence-electron chi connectivity index (χ1n) is 6.25. The van der Waals surface area contributed by atoms with Crippen LogP contribution in [0.2, 0.25) is 5.02 Å². The lowest BCUT2D eigenvalue weighted by Crippen LogP contribution is -2.32. The fourth-order valence-electron chi connectivity index (χ4n) is 2.49. The van der Waals surface area contributed by atoms with Crippen molar-refractivity contribution in [3.63, 3.8) is 0 Å². The largest absolute Gasteiger partial charge is 0.481 e. The molecule has 2 N–H and O–H groups in total. The van der Waals surface area contributed by atoms with Gasteiger partial charge in [-0.25, -0.2) is 0 Å². The number of carboxylic acid groups (broad SMARTS) is 1. The lowest BCUT2D eigenvalue weighted by molar-refractivity contribution is -0.142. The molecule has 1 heterocycles. The molecule has 1 fully saturated rings. The van der Waals surface area contributed by atoms with Gasteiger partial charge in [-0.15, -0.1) is 11.3 Å². The molecule has 19 heavy (non-hydrogen) atoms. The molecule has 2 rings (SSSR count). The van der Waals surface area contributed by atoms with Gasteiger partial charge in [0.25, 0.3) is 5.91 Å². The smallest absolute Gasteiger partial charge is 0.306 e. The third kappa shape index (κ3) is 3.09. The Morgan fingerprint density at radius 2 is 2.26 bits per heavy atom. The maximum absolute atomic E-state index is 12.0. The molecule has 2 atom stereocenters. The summed E-state index contributed by atoms with van der Waals surface area (Å²) in [5.41, 5.74) is 0.890. The minimum absolute atomic E-state index is 0.0290. The minimum atomic E-state index is -0.762. The highest BCUT2D eigenvalue weighted by Crippen LogP contribution is 2.32. The summed E-state index contributed by atoms with van der Waals surface area (Å²) in [7, 11) is 0. The van der Waals surface area contributed by atoms with Gasteiger partial charge in [0, 0.05) is 6.54 Å². The molecule has 0 saturated heterocycles. The van der Waals surface area contributed by atoms with Gasteiger partial charge in [0.05, 0.1) is 10.9 Å². The summed E-state index contributed by atoms with van der Waals surface area (Å²) in [6, 6.07) is 0. The molecule has 1 aliphatic rings. The van der Waals surface area contributed by atoms with Crippen molar-refractivity contribution in [3.05, 3.63) is 20.8 Å². The van der Waals surface area contributed by atoms with Gasteiger partial charge >= 0.3 is 5.97 Å². The summed E-state index contributed by atoms with van der Waals surface area (Å²) in [6.45, 7) is 2.26. The summed E-state index contributed by atoms with van der Waals surface area (Å²) in [5.74, 6) is -1.27. The molecular weight excluding hydrogens is 286 g/mol. The number of rotatable bonds is 4. The van der Waals surface area contributed by atoms with Gasteiger partial charge in [-0.1, -0.05) is 18.0 Å². The van der Waals surface area contributed by atoms with Crippen LogP contribution in [0.15, 0.2) is 5.38 Å². The third-order valence-electron chi connectivity index (χ3n) is 3.61. The Bertz CT molecular complexity index is 500. The van der Waals surface area contributed by atoms with Crippen molar-refractivity contribution in [2.45, 2.75) is 26.2 Å². The average molecular weight is 302 g/mol. The van der Waals surface area contributed by atoms with Crippen LogP contribution in [-0.2, 0) is 4.79 Å². The van der Waals surface area contributed by atoms with Crippen LogP contribution in [0.3, 0.4) is 0 Å². The highest BCUT2D eigenvalue weighted by molar-refractivity contribution is 7.13. The Morgan fingerprint density at radius 3 is 2.84 bits per heavy atom. The first-order chi connectivity index (χ1) is 9.00. The van der Waals surface area contributed by atoms with Crippen molar-refractivity contribution < 1.29 is 14.7 Å². The SMILES string of the molecule is Cc1csc(C(=O)NCC2CCCC2C(=O)O)c1Cl. The van der Waals surface area contributed by atoms with E-state index in [1.807, 2.05) is 12.3 Å². The van der Waals surface area contributed by atoms with Gasteiger partial charge < -0.3 is 10.4 Å². The minimum Gasteiger partial charge on any atom is -0.481 e. The molecule has 4 nitrogen and oxygen atoms in total. The Labute approximate surface area is 120 Å². The molecule has 6 heteroatoms. The van der Waals surface area contributed by atoms with E-state index < -0.39 is 5.97 Å². The van der Waals surface area contributed by atoms with Crippen molar-refractivity contribution in [2.75, 3.05) is 6.54 Å². The van der Waals surface area contributed by atoms with E-state index >= 15 is 0 Å². The molecule has 1 aromatic rings. The summed E-state index contributed by atoms with van der Waals surface area (Å²) < 4.78 is 0. The predicted octanol–water partition coefficient (Wildman–Crippen LogP) is 2.94. The van der Waals surface area contributed by atoms with Crippen LogP contribution in [0, 0.1) is 18.8 Å². The maximum atomic E-state index is 12.0. The zero-order valence-corrected chi connectivity index (χ0v) is 12.2. The van der Waals surface area contributed by atoms with Gasteiger partial charge in [0.2, 0.25) is 0 Å². The fourth-order valence-corrected chi connectivity index (χ4v) is 3.69. The van der Waals surface area contributed by atoms with Crippen LogP contribution in [-0.4, -0.2) is 23.5 Å². The van der Waals surface area contributed by atoms with Crippen LogP contribution in [0.1, 0.15) is 34.5 Å². The molecule has 1 aromatic heterocycles. The van der Waals surface area contributed by atoms with E-state index in [4.69, 9.17) is 16.7 Å². The molecule has 1 amide bonds. The molecule has 0 bridgehead atoms. The Hall–Kier alpha value is -1.07. The number of aryl methyl sites for hydroxylation is 1. The van der Waals surface area contributed by atoms with Crippen LogP contribution in [0.5, 0.6) is 0 Å². The molecule has 0 aliphatic heterocycles. The van der Waals surface area contributed by atoms with Gasteiger partial charge in [0.1, 0.15) is 4.88 Å². The number of thiophene rings is 1.